The lowest BCUT2D eigenvalue weighted by Gasteiger charge is -2.23. The van der Waals surface area contributed by atoms with Crippen LogP contribution in [0.1, 0.15) is 29.2 Å². The van der Waals surface area contributed by atoms with Gasteiger partial charge in [0, 0.05) is 12.0 Å². The van der Waals surface area contributed by atoms with E-state index in [2.05, 4.69) is 5.10 Å². The number of phenolic OH excluding ortho intramolecular Hbond substituents is 1. The number of phenols is 1. The second-order valence-electron chi connectivity index (χ2n) is 6.79. The first-order chi connectivity index (χ1) is 13.5. The number of hydrogen-bond acceptors (Lipinski definition) is 4. The van der Waals surface area contributed by atoms with Crippen molar-refractivity contribution in [1.82, 2.24) is 4.41 Å². The molecule has 1 aliphatic heterocycles. The van der Waals surface area contributed by atoms with Crippen LogP contribution in [0.4, 0.5) is 0 Å². The number of para-hydroxylation sites is 1. The lowest BCUT2D eigenvalue weighted by atomic mass is 9.99. The predicted octanol–water partition coefficient (Wildman–Crippen LogP) is 4.24. The average Bonchev–Trinajstić information content (AvgIpc) is 3.15. The van der Waals surface area contributed by atoms with E-state index in [-0.39, 0.29) is 10.6 Å². The van der Waals surface area contributed by atoms with Gasteiger partial charge in [0.25, 0.3) is 10.0 Å². The van der Waals surface area contributed by atoms with Gasteiger partial charge < -0.3 is 5.11 Å². The lowest BCUT2D eigenvalue weighted by molar-refractivity contribution is 0.371. The first-order valence-corrected chi connectivity index (χ1v) is 10.4. The normalized spacial score (nSPS) is 16.8. The molecule has 0 bridgehead atoms. The van der Waals surface area contributed by atoms with E-state index in [1.807, 2.05) is 37.3 Å². The Balaban J connectivity index is 1.82. The van der Waals surface area contributed by atoms with Gasteiger partial charge in [0.05, 0.1) is 16.6 Å². The van der Waals surface area contributed by atoms with Crippen LogP contribution in [0.25, 0.3) is 0 Å². The molecule has 0 saturated heterocycles. The zero-order chi connectivity index (χ0) is 19.7. The summed E-state index contributed by atoms with van der Waals surface area (Å²) < 4.78 is 27.9. The van der Waals surface area contributed by atoms with Crippen molar-refractivity contribution in [2.24, 2.45) is 5.10 Å². The Labute approximate surface area is 164 Å². The van der Waals surface area contributed by atoms with Gasteiger partial charge in [-0.25, -0.2) is 0 Å². The minimum Gasteiger partial charge on any atom is -0.507 e. The molecule has 3 aromatic carbocycles. The maximum atomic E-state index is 13.3. The van der Waals surface area contributed by atoms with E-state index in [0.29, 0.717) is 17.7 Å². The van der Waals surface area contributed by atoms with E-state index in [4.69, 9.17) is 0 Å². The van der Waals surface area contributed by atoms with Crippen molar-refractivity contribution in [3.8, 4) is 5.75 Å². The Morgan fingerprint density at radius 1 is 0.929 bits per heavy atom. The Bertz CT molecular complexity index is 1120. The third-order valence-electron chi connectivity index (χ3n) is 4.84. The van der Waals surface area contributed by atoms with Crippen LogP contribution in [0.2, 0.25) is 0 Å². The second kappa shape index (κ2) is 7.13. The number of aromatic hydroxyl groups is 1. The number of benzene rings is 3. The number of rotatable bonds is 4. The van der Waals surface area contributed by atoms with Crippen molar-refractivity contribution >= 4 is 15.7 Å². The van der Waals surface area contributed by atoms with E-state index >= 15 is 0 Å². The summed E-state index contributed by atoms with van der Waals surface area (Å²) in [5.41, 5.74) is 2.93. The molecule has 1 N–H and O–H groups in total. The molecular weight excluding hydrogens is 372 g/mol. The number of sulfonamides is 1. The molecular formula is C22H20N2O3S. The maximum Gasteiger partial charge on any atom is 0.279 e. The molecule has 6 heteroatoms. The quantitative estimate of drug-likeness (QED) is 0.722. The molecule has 0 saturated carbocycles. The number of nitrogens with zero attached hydrogens (tertiary/aromatic N) is 2. The molecule has 0 aliphatic carbocycles. The van der Waals surface area contributed by atoms with Crippen molar-refractivity contribution in [3.63, 3.8) is 0 Å². The van der Waals surface area contributed by atoms with Crippen molar-refractivity contribution < 1.29 is 13.5 Å². The molecule has 3 aromatic rings. The summed E-state index contributed by atoms with van der Waals surface area (Å²) in [6, 6.07) is 22.6. The van der Waals surface area contributed by atoms with Crippen LogP contribution in [0.15, 0.2) is 88.9 Å². The van der Waals surface area contributed by atoms with Crippen molar-refractivity contribution in [2.45, 2.75) is 24.3 Å². The maximum absolute atomic E-state index is 13.3. The molecule has 1 unspecified atom stereocenters. The topological polar surface area (TPSA) is 70.0 Å². The zero-order valence-electron chi connectivity index (χ0n) is 15.4. The van der Waals surface area contributed by atoms with Crippen LogP contribution >= 0.6 is 0 Å². The molecule has 28 heavy (non-hydrogen) atoms. The third-order valence-corrected chi connectivity index (χ3v) is 6.53. The fourth-order valence-electron chi connectivity index (χ4n) is 3.33. The predicted molar refractivity (Wildman–Crippen MR) is 109 cm³/mol. The molecule has 0 fully saturated rings. The summed E-state index contributed by atoms with van der Waals surface area (Å²) in [7, 11) is -3.84. The highest BCUT2D eigenvalue weighted by Crippen LogP contribution is 2.38. The smallest absolute Gasteiger partial charge is 0.279 e. The Morgan fingerprint density at radius 3 is 2.25 bits per heavy atom. The Hall–Kier alpha value is -3.12. The molecule has 1 atom stereocenters. The van der Waals surface area contributed by atoms with Gasteiger partial charge in [0.2, 0.25) is 0 Å². The van der Waals surface area contributed by atoms with E-state index in [9.17, 15) is 13.5 Å². The van der Waals surface area contributed by atoms with Crippen molar-refractivity contribution in [2.75, 3.05) is 0 Å². The van der Waals surface area contributed by atoms with Gasteiger partial charge in [-0.2, -0.15) is 17.9 Å². The summed E-state index contributed by atoms with van der Waals surface area (Å²) in [6.45, 7) is 1.91. The standard InChI is InChI=1S/C22H20N2O3S/c1-16-11-13-18(14-12-16)28(26,27)24-21(17-7-3-2-4-8-17)15-20(23-24)19-9-5-6-10-22(19)25/h2-14,21,25H,15H2,1H3. The summed E-state index contributed by atoms with van der Waals surface area (Å²) in [4.78, 5) is 0.196. The zero-order valence-corrected chi connectivity index (χ0v) is 16.2. The summed E-state index contributed by atoms with van der Waals surface area (Å²) in [6.07, 6.45) is 0.382. The molecule has 0 aromatic heterocycles. The molecule has 1 heterocycles. The highest BCUT2D eigenvalue weighted by molar-refractivity contribution is 7.89. The van der Waals surface area contributed by atoms with Crippen LogP contribution in [-0.4, -0.2) is 23.7 Å². The van der Waals surface area contributed by atoms with Crippen LogP contribution in [0.5, 0.6) is 5.75 Å². The summed E-state index contributed by atoms with van der Waals surface area (Å²) in [5, 5.41) is 14.7. The van der Waals surface area contributed by atoms with Crippen LogP contribution in [-0.2, 0) is 10.0 Å². The van der Waals surface area contributed by atoms with Gasteiger partial charge >= 0.3 is 0 Å². The monoisotopic (exact) mass is 392 g/mol. The first kappa shape index (κ1) is 18.3. The number of aryl methyl sites for hydroxylation is 1. The molecule has 0 amide bonds. The fourth-order valence-corrected chi connectivity index (χ4v) is 4.77. The fraction of sp³-hybridized carbons (Fsp3) is 0.136. The SMILES string of the molecule is Cc1ccc(S(=O)(=O)N2N=C(c3ccccc3O)CC2c2ccccc2)cc1. The minimum atomic E-state index is -3.84. The molecule has 0 radical (unpaired) electrons. The van der Waals surface area contributed by atoms with Gasteiger partial charge in [-0.05, 0) is 36.8 Å². The Kier molecular flexibility index (Phi) is 4.65. The van der Waals surface area contributed by atoms with E-state index in [1.165, 1.54) is 4.41 Å². The largest absolute Gasteiger partial charge is 0.507 e. The van der Waals surface area contributed by atoms with Crippen molar-refractivity contribution in [3.05, 3.63) is 95.6 Å². The van der Waals surface area contributed by atoms with E-state index < -0.39 is 16.1 Å². The second-order valence-corrected chi connectivity index (χ2v) is 8.58. The van der Waals surface area contributed by atoms with E-state index in [0.717, 1.165) is 11.1 Å². The first-order valence-electron chi connectivity index (χ1n) is 8.99. The summed E-state index contributed by atoms with van der Waals surface area (Å²) in [5.74, 6) is 0.0858. The van der Waals surface area contributed by atoms with Gasteiger partial charge in [-0.3, -0.25) is 0 Å². The average molecular weight is 392 g/mol. The lowest BCUT2D eigenvalue weighted by Crippen LogP contribution is -2.27. The van der Waals surface area contributed by atoms with Crippen LogP contribution in [0, 0.1) is 6.92 Å². The van der Waals surface area contributed by atoms with E-state index in [1.54, 1.807) is 48.5 Å². The van der Waals surface area contributed by atoms with Gasteiger partial charge in [0.15, 0.2) is 0 Å². The van der Waals surface area contributed by atoms with Crippen LogP contribution < -0.4 is 0 Å². The molecule has 4 rings (SSSR count). The molecule has 142 valence electrons. The van der Waals surface area contributed by atoms with Gasteiger partial charge in [0.1, 0.15) is 5.75 Å². The molecule has 0 spiro atoms. The van der Waals surface area contributed by atoms with Gasteiger partial charge in [-0.15, -0.1) is 0 Å². The highest BCUT2D eigenvalue weighted by atomic mass is 32.2. The highest BCUT2D eigenvalue weighted by Gasteiger charge is 2.38. The van der Waals surface area contributed by atoms with Crippen molar-refractivity contribution in [1.29, 1.82) is 0 Å². The third kappa shape index (κ3) is 3.27. The number of hydrazone groups is 1. The Morgan fingerprint density at radius 2 is 1.57 bits per heavy atom. The minimum absolute atomic E-state index is 0.0858. The summed E-state index contributed by atoms with van der Waals surface area (Å²) >= 11 is 0. The molecule has 5 nitrogen and oxygen atoms in total. The number of hydrogen-bond donors (Lipinski definition) is 1. The van der Waals surface area contributed by atoms with Gasteiger partial charge in [-0.1, -0.05) is 60.2 Å². The van der Waals surface area contributed by atoms with Crippen LogP contribution in [0.3, 0.4) is 0 Å². The molecule has 1 aliphatic rings.